The number of pyridine rings is 1. The minimum atomic E-state index is -4.23. The van der Waals surface area contributed by atoms with Crippen molar-refractivity contribution in [2.75, 3.05) is 49.2 Å². The monoisotopic (exact) mass is 545 g/mol. The van der Waals surface area contributed by atoms with E-state index in [1.807, 2.05) is 55.3 Å². The summed E-state index contributed by atoms with van der Waals surface area (Å²) in [6, 6.07) is 11.3. The fourth-order valence-electron chi connectivity index (χ4n) is 4.49. The van der Waals surface area contributed by atoms with Crippen molar-refractivity contribution in [3.63, 3.8) is 0 Å². The first-order valence-electron chi connectivity index (χ1n) is 12.3. The maximum Gasteiger partial charge on any atom is 0.401 e. The highest BCUT2D eigenvalue weighted by Gasteiger charge is 2.32. The van der Waals surface area contributed by atoms with Crippen LogP contribution < -0.4 is 15.8 Å². The van der Waals surface area contributed by atoms with Gasteiger partial charge in [-0.1, -0.05) is 29.7 Å². The van der Waals surface area contributed by atoms with Gasteiger partial charge in [0.2, 0.25) is 0 Å². The van der Waals surface area contributed by atoms with E-state index in [0.717, 1.165) is 21.8 Å². The highest BCUT2D eigenvalue weighted by molar-refractivity contribution is 7.98. The highest BCUT2D eigenvalue weighted by Crippen LogP contribution is 2.28. The number of halogens is 3. The van der Waals surface area contributed by atoms with E-state index in [-0.39, 0.29) is 24.7 Å². The maximum absolute atomic E-state index is 13.1. The number of aromatic nitrogens is 2. The normalized spacial score (nSPS) is 15.0. The lowest BCUT2D eigenvalue weighted by atomic mass is 10.1. The molecule has 0 radical (unpaired) electrons. The molecule has 0 aromatic carbocycles. The minimum absolute atomic E-state index is 0.121. The fraction of sp³-hybridized carbons (Fsp3) is 0.429. The number of hydrogen-bond donors (Lipinski definition) is 1. The lowest BCUT2D eigenvalue weighted by Gasteiger charge is -2.36. The summed E-state index contributed by atoms with van der Waals surface area (Å²) in [5.74, 6) is 3.21. The Balaban J connectivity index is 2.01. The molecule has 1 fully saturated rings. The summed E-state index contributed by atoms with van der Waals surface area (Å²) in [4.78, 5) is 21.0. The predicted octanol–water partition coefficient (Wildman–Crippen LogP) is 5.08. The van der Waals surface area contributed by atoms with Crippen LogP contribution in [0.4, 0.5) is 24.7 Å². The number of thioether (sulfide) groups is 1. The average molecular weight is 546 g/mol. The van der Waals surface area contributed by atoms with Crippen molar-refractivity contribution in [3.8, 4) is 12.3 Å². The molecule has 0 saturated carbocycles. The number of nitrogens with zero attached hydrogens (tertiary/aromatic N) is 4. The van der Waals surface area contributed by atoms with E-state index in [9.17, 15) is 18.0 Å². The van der Waals surface area contributed by atoms with Crippen LogP contribution in [-0.4, -0.2) is 59.6 Å². The van der Waals surface area contributed by atoms with Crippen LogP contribution in [0, 0.1) is 26.2 Å². The number of anilines is 2. The number of aryl methyl sites for hydroxylation is 2. The number of alkyl halides is 3. The molecular formula is C28H34F3N5OS. The second kappa shape index (κ2) is 12.6. The Morgan fingerprint density at radius 2 is 1.82 bits per heavy atom. The topological polar surface area (TPSA) is 53.4 Å². The molecule has 1 aliphatic rings. The van der Waals surface area contributed by atoms with E-state index in [1.54, 1.807) is 24.6 Å². The zero-order valence-electron chi connectivity index (χ0n) is 22.4. The van der Waals surface area contributed by atoms with Crippen molar-refractivity contribution >= 4 is 23.3 Å². The van der Waals surface area contributed by atoms with E-state index in [2.05, 4.69) is 16.2 Å². The van der Waals surface area contributed by atoms with Gasteiger partial charge in [-0.2, -0.15) is 13.2 Å². The SMILES string of the molecule is C#Cc1ccc(N[C@H](C)c2ccc(N3CCN(CC(F)(F)F)CC3)n(C)c(=O)c(C)cc(C)c2)c(SC)n1. The summed E-state index contributed by atoms with van der Waals surface area (Å²) in [5, 5.41) is 4.31. The summed E-state index contributed by atoms with van der Waals surface area (Å²) >= 11 is 1.50. The Kier molecular flexibility index (Phi) is 9.74. The Labute approximate surface area is 226 Å². The first-order valence-corrected chi connectivity index (χ1v) is 13.5. The smallest absolute Gasteiger partial charge is 0.376 e. The standard InChI is InChI=1S/C28H34F3N5OS/c1-7-23-9-10-24(26(33-23)38-6)32-21(4)22-8-11-25(34(5)27(37)20(3)16-19(2)17-22)36-14-12-35(13-15-36)18-28(29,30)31/h1,8-11,16-17,21,32H,12-15,18H2,2-6H3/t21-/m1/s1. The molecule has 2 aromatic heterocycles. The summed E-state index contributed by atoms with van der Waals surface area (Å²) in [6.45, 7) is 6.12. The summed E-state index contributed by atoms with van der Waals surface area (Å²) in [6.07, 6.45) is 3.21. The molecule has 1 saturated heterocycles. The van der Waals surface area contributed by atoms with Gasteiger partial charge < -0.3 is 10.2 Å². The Morgan fingerprint density at radius 1 is 1.13 bits per heavy atom. The van der Waals surface area contributed by atoms with Crippen LogP contribution in [0.3, 0.4) is 0 Å². The minimum Gasteiger partial charge on any atom is -0.376 e. The van der Waals surface area contributed by atoms with Gasteiger partial charge in [-0.25, -0.2) is 4.98 Å². The van der Waals surface area contributed by atoms with Gasteiger partial charge in [-0.3, -0.25) is 14.3 Å². The zero-order valence-corrected chi connectivity index (χ0v) is 23.2. The molecule has 0 spiro atoms. The fourth-order valence-corrected chi connectivity index (χ4v) is 5.02. The molecule has 10 heteroatoms. The van der Waals surface area contributed by atoms with Crippen LogP contribution in [0.2, 0.25) is 0 Å². The van der Waals surface area contributed by atoms with Gasteiger partial charge in [0, 0.05) is 44.8 Å². The summed E-state index contributed by atoms with van der Waals surface area (Å²) in [7, 11) is 1.70. The molecule has 3 rings (SSSR count). The van der Waals surface area contributed by atoms with Gasteiger partial charge in [0.05, 0.1) is 12.2 Å². The van der Waals surface area contributed by atoms with E-state index in [4.69, 9.17) is 6.42 Å². The Morgan fingerprint density at radius 3 is 2.42 bits per heavy atom. The third kappa shape index (κ3) is 7.68. The second-order valence-corrected chi connectivity index (χ2v) is 10.2. The lowest BCUT2D eigenvalue weighted by Crippen LogP contribution is -2.50. The molecule has 1 aliphatic heterocycles. The first-order chi connectivity index (χ1) is 17.9. The number of rotatable bonds is 6. The number of nitrogens with one attached hydrogen (secondary N) is 1. The van der Waals surface area contributed by atoms with Gasteiger partial charge >= 0.3 is 6.18 Å². The Hall–Kier alpha value is -3.16. The average Bonchev–Trinajstić information content (AvgIpc) is 2.87. The molecular weight excluding hydrogens is 511 g/mol. The predicted molar refractivity (Wildman–Crippen MR) is 149 cm³/mol. The highest BCUT2D eigenvalue weighted by atomic mass is 32.2. The summed E-state index contributed by atoms with van der Waals surface area (Å²) < 4.78 is 40.2. The van der Waals surface area contributed by atoms with Crippen molar-refractivity contribution in [2.24, 2.45) is 7.05 Å². The van der Waals surface area contributed by atoms with Crippen LogP contribution in [0.1, 0.15) is 35.3 Å². The van der Waals surface area contributed by atoms with Crippen molar-refractivity contribution in [1.29, 1.82) is 0 Å². The van der Waals surface area contributed by atoms with Crippen molar-refractivity contribution in [3.05, 3.63) is 69.1 Å². The molecule has 0 bridgehead atoms. The van der Waals surface area contributed by atoms with Crippen molar-refractivity contribution in [1.82, 2.24) is 14.5 Å². The summed E-state index contributed by atoms with van der Waals surface area (Å²) in [5.41, 5.74) is 3.73. The van der Waals surface area contributed by atoms with Crippen molar-refractivity contribution in [2.45, 2.75) is 38.0 Å². The lowest BCUT2D eigenvalue weighted by molar-refractivity contribution is -0.146. The maximum atomic E-state index is 13.1. The third-order valence-electron chi connectivity index (χ3n) is 6.42. The number of hydrogen-bond acceptors (Lipinski definition) is 6. The quantitative estimate of drug-likeness (QED) is 0.404. The van der Waals surface area contributed by atoms with Crippen molar-refractivity contribution < 1.29 is 13.2 Å². The van der Waals surface area contributed by atoms with Crippen LogP contribution >= 0.6 is 11.8 Å². The number of piperazine rings is 1. The molecule has 2 aromatic rings. The molecule has 204 valence electrons. The molecule has 0 amide bonds. The first kappa shape index (κ1) is 29.4. The van der Waals surface area contributed by atoms with E-state index in [0.29, 0.717) is 30.2 Å². The Bertz CT molecular complexity index is 1310. The van der Waals surface area contributed by atoms with Gasteiger partial charge in [-0.15, -0.1) is 18.2 Å². The van der Waals surface area contributed by atoms with Gasteiger partial charge in [-0.05, 0) is 50.8 Å². The van der Waals surface area contributed by atoms with E-state index < -0.39 is 12.7 Å². The molecule has 0 unspecified atom stereocenters. The molecule has 1 N–H and O–H groups in total. The molecule has 3 heterocycles. The largest absolute Gasteiger partial charge is 0.401 e. The van der Waals surface area contributed by atoms with Crippen LogP contribution in [-0.2, 0) is 7.05 Å². The van der Waals surface area contributed by atoms with Crippen LogP contribution in [0.5, 0.6) is 0 Å². The van der Waals surface area contributed by atoms with Gasteiger partial charge in [0.15, 0.2) is 0 Å². The van der Waals surface area contributed by atoms with Crippen LogP contribution in [0.25, 0.3) is 0 Å². The van der Waals surface area contributed by atoms with E-state index >= 15 is 0 Å². The second-order valence-electron chi connectivity index (χ2n) is 9.41. The third-order valence-corrected chi connectivity index (χ3v) is 7.12. The number of terminal acetylenes is 1. The van der Waals surface area contributed by atoms with Gasteiger partial charge in [0.1, 0.15) is 16.5 Å². The molecule has 1 atom stereocenters. The van der Waals surface area contributed by atoms with E-state index in [1.165, 1.54) is 16.7 Å². The van der Waals surface area contributed by atoms with Crippen LogP contribution in [0.15, 0.2) is 46.2 Å². The zero-order chi connectivity index (χ0) is 28.0. The van der Waals surface area contributed by atoms with Gasteiger partial charge in [0.25, 0.3) is 5.56 Å². The molecule has 6 nitrogen and oxygen atoms in total. The molecule has 38 heavy (non-hydrogen) atoms. The molecule has 0 aliphatic carbocycles.